The zero-order valence-electron chi connectivity index (χ0n) is 32.2. The number of hydrogen-bond donors (Lipinski definition) is 0. The van der Waals surface area contributed by atoms with Crippen molar-refractivity contribution in [2.45, 2.75) is 0 Å². The summed E-state index contributed by atoms with van der Waals surface area (Å²) in [6.45, 7) is 0. The topological polar surface area (TPSA) is 24.3 Å². The summed E-state index contributed by atoms with van der Waals surface area (Å²) in [4.78, 5) is 9.24. The largest absolute Gasteiger partial charge is 0.310 e. The highest BCUT2D eigenvalue weighted by Crippen LogP contribution is 2.47. The van der Waals surface area contributed by atoms with E-state index in [4.69, 9.17) is 0 Å². The molecule has 11 rings (SSSR count). The molecule has 0 saturated carbocycles. The summed E-state index contributed by atoms with van der Waals surface area (Å²) < 4.78 is 2.42. The molecule has 4 nitrogen and oxygen atoms in total. The highest BCUT2D eigenvalue weighted by molar-refractivity contribution is 6.29. The Bertz CT molecular complexity index is 3080. The zero-order valence-corrected chi connectivity index (χ0v) is 32.2. The molecule has 0 amide bonds. The molecule has 0 N–H and O–H groups in total. The quantitative estimate of drug-likeness (QED) is 0.137. The van der Waals surface area contributed by atoms with Gasteiger partial charge in [0, 0.05) is 50.8 Å². The van der Waals surface area contributed by atoms with Gasteiger partial charge in [-0.3, -0.25) is 4.90 Å². The van der Waals surface area contributed by atoms with Gasteiger partial charge in [0.15, 0.2) is 0 Å². The summed E-state index contributed by atoms with van der Waals surface area (Å²) >= 11 is 0. The van der Waals surface area contributed by atoms with Crippen LogP contribution in [0.5, 0.6) is 0 Å². The lowest BCUT2D eigenvalue weighted by atomic mass is 9.93. The highest BCUT2D eigenvalue weighted by atomic mass is 15.2. The molecule has 2 heterocycles. The average molecular weight is 755 g/mol. The van der Waals surface area contributed by atoms with Crippen molar-refractivity contribution in [2.75, 3.05) is 9.80 Å². The second-order valence-corrected chi connectivity index (χ2v) is 14.8. The van der Waals surface area contributed by atoms with Gasteiger partial charge in [0.25, 0.3) is 0 Å². The fourth-order valence-corrected chi connectivity index (χ4v) is 8.75. The van der Waals surface area contributed by atoms with E-state index in [1.165, 1.54) is 49.3 Å². The standard InChI is InChI=1S/C55H38N4/c1-5-15-42(16-6-1)57(43-17-7-2-8-18-43)50-36-37-52-55-49(50)33-32-48-47(34-35-51(54(48)55)59(52)45-21-11-4-12-22-45)41-26-24-39(25-27-41)40-28-30-46(31-29-40)58(44-19-9-3-10-20-44)53-23-13-14-38-56-53/h1-38H. The van der Waals surface area contributed by atoms with Crippen LogP contribution in [0.4, 0.5) is 34.3 Å². The summed E-state index contributed by atoms with van der Waals surface area (Å²) in [5.74, 6) is 0.880. The van der Waals surface area contributed by atoms with Crippen LogP contribution in [0.1, 0.15) is 0 Å². The molecule has 0 spiro atoms. The van der Waals surface area contributed by atoms with Gasteiger partial charge in [-0.05, 0) is 119 Å². The predicted molar refractivity (Wildman–Crippen MR) is 248 cm³/mol. The van der Waals surface area contributed by atoms with Gasteiger partial charge in [-0.25, -0.2) is 4.98 Å². The van der Waals surface area contributed by atoms with Crippen LogP contribution in [-0.4, -0.2) is 9.55 Å². The lowest BCUT2D eigenvalue weighted by Gasteiger charge is -2.27. The van der Waals surface area contributed by atoms with E-state index in [9.17, 15) is 0 Å². The van der Waals surface area contributed by atoms with Crippen molar-refractivity contribution < 1.29 is 0 Å². The molecule has 4 heteroatoms. The maximum Gasteiger partial charge on any atom is 0.137 e. The molecule has 0 unspecified atom stereocenters. The van der Waals surface area contributed by atoms with Gasteiger partial charge < -0.3 is 9.47 Å². The summed E-state index contributed by atoms with van der Waals surface area (Å²) in [6, 6.07) is 80.1. The Labute approximate surface area is 343 Å². The van der Waals surface area contributed by atoms with Crippen LogP contribution in [0.2, 0.25) is 0 Å². The zero-order chi connectivity index (χ0) is 39.1. The lowest BCUT2D eigenvalue weighted by molar-refractivity contribution is 1.18. The SMILES string of the molecule is c1ccc(N(c2ccc(-c3ccc(-c4ccc5c6c4ccc4c(N(c7ccccc7)c7ccccc7)ccc(c46)n5-c4ccccc4)cc3)cc2)c2ccccn2)cc1. The third-order valence-electron chi connectivity index (χ3n) is 11.4. The molecule has 278 valence electrons. The Morgan fingerprint density at radius 2 is 0.814 bits per heavy atom. The van der Waals surface area contributed by atoms with Crippen LogP contribution >= 0.6 is 0 Å². The highest BCUT2D eigenvalue weighted by Gasteiger charge is 2.23. The van der Waals surface area contributed by atoms with Crippen LogP contribution in [0.15, 0.2) is 231 Å². The maximum absolute atomic E-state index is 4.68. The monoisotopic (exact) mass is 754 g/mol. The number of hydrogen-bond acceptors (Lipinski definition) is 3. The second kappa shape index (κ2) is 14.5. The van der Waals surface area contributed by atoms with Crippen molar-refractivity contribution in [3.8, 4) is 27.9 Å². The normalized spacial score (nSPS) is 11.4. The summed E-state index contributed by atoms with van der Waals surface area (Å²) in [6.07, 6.45) is 1.84. The molecule has 0 saturated heterocycles. The van der Waals surface area contributed by atoms with Crippen LogP contribution in [-0.2, 0) is 0 Å². The molecular formula is C55H38N4. The van der Waals surface area contributed by atoms with Gasteiger partial charge in [-0.15, -0.1) is 0 Å². The first-order valence-corrected chi connectivity index (χ1v) is 20.1. The van der Waals surface area contributed by atoms with E-state index in [1.54, 1.807) is 0 Å². The van der Waals surface area contributed by atoms with Gasteiger partial charge in [0.2, 0.25) is 0 Å². The molecule has 0 bridgehead atoms. The van der Waals surface area contributed by atoms with E-state index < -0.39 is 0 Å². The number of rotatable bonds is 9. The molecule has 11 aromatic rings. The van der Waals surface area contributed by atoms with E-state index in [1.807, 2.05) is 30.5 Å². The van der Waals surface area contributed by atoms with E-state index in [0.29, 0.717) is 0 Å². The number of para-hydroxylation sites is 4. The number of benzene rings is 9. The Hall–Kier alpha value is -7.95. The first kappa shape index (κ1) is 34.3. The van der Waals surface area contributed by atoms with E-state index in [-0.39, 0.29) is 0 Å². The number of nitrogens with zero attached hydrogens (tertiary/aromatic N) is 4. The first-order chi connectivity index (χ1) is 29.3. The van der Waals surface area contributed by atoms with Crippen molar-refractivity contribution in [2.24, 2.45) is 0 Å². The van der Waals surface area contributed by atoms with E-state index in [2.05, 4.69) is 220 Å². The number of anilines is 6. The Balaban J connectivity index is 1.02. The minimum Gasteiger partial charge on any atom is -0.310 e. The molecule has 2 aromatic heterocycles. The van der Waals surface area contributed by atoms with Gasteiger partial charge >= 0.3 is 0 Å². The van der Waals surface area contributed by atoms with Crippen molar-refractivity contribution in [3.63, 3.8) is 0 Å². The number of aromatic nitrogens is 2. The van der Waals surface area contributed by atoms with Crippen molar-refractivity contribution in [1.82, 2.24) is 9.55 Å². The minimum absolute atomic E-state index is 0.880. The first-order valence-electron chi connectivity index (χ1n) is 20.1. The molecule has 0 aliphatic rings. The van der Waals surface area contributed by atoms with Gasteiger partial charge in [0.05, 0.1) is 16.7 Å². The smallest absolute Gasteiger partial charge is 0.137 e. The lowest BCUT2D eigenvalue weighted by Crippen LogP contribution is -2.11. The third kappa shape index (κ3) is 5.98. The van der Waals surface area contributed by atoms with Crippen molar-refractivity contribution in [3.05, 3.63) is 231 Å². The van der Waals surface area contributed by atoms with Crippen molar-refractivity contribution >= 4 is 66.8 Å². The molecule has 0 radical (unpaired) electrons. The summed E-state index contributed by atoms with van der Waals surface area (Å²) in [5, 5.41) is 5.00. The van der Waals surface area contributed by atoms with Crippen LogP contribution in [0.3, 0.4) is 0 Å². The molecule has 9 aromatic carbocycles. The maximum atomic E-state index is 4.68. The van der Waals surface area contributed by atoms with E-state index >= 15 is 0 Å². The Morgan fingerprint density at radius 3 is 1.41 bits per heavy atom. The Morgan fingerprint density at radius 1 is 0.339 bits per heavy atom. The molecule has 59 heavy (non-hydrogen) atoms. The van der Waals surface area contributed by atoms with Crippen LogP contribution in [0.25, 0.3) is 60.5 Å². The van der Waals surface area contributed by atoms with Gasteiger partial charge in [-0.1, -0.05) is 133 Å². The molecule has 0 atom stereocenters. The summed E-state index contributed by atoms with van der Waals surface area (Å²) in [7, 11) is 0. The number of pyridine rings is 1. The summed E-state index contributed by atoms with van der Waals surface area (Å²) in [5.41, 5.74) is 13.8. The molecule has 0 aliphatic carbocycles. The third-order valence-corrected chi connectivity index (χ3v) is 11.4. The van der Waals surface area contributed by atoms with Crippen LogP contribution < -0.4 is 9.80 Å². The molecular weight excluding hydrogens is 717 g/mol. The van der Waals surface area contributed by atoms with Gasteiger partial charge in [-0.2, -0.15) is 0 Å². The fourth-order valence-electron chi connectivity index (χ4n) is 8.75. The fraction of sp³-hybridized carbons (Fsp3) is 0. The molecule has 0 fully saturated rings. The average Bonchev–Trinajstić information content (AvgIpc) is 3.66. The van der Waals surface area contributed by atoms with Crippen molar-refractivity contribution in [1.29, 1.82) is 0 Å². The van der Waals surface area contributed by atoms with Crippen LogP contribution in [0, 0.1) is 0 Å². The minimum atomic E-state index is 0.880. The Kier molecular flexibility index (Phi) is 8.45. The second-order valence-electron chi connectivity index (χ2n) is 14.8. The van der Waals surface area contributed by atoms with Gasteiger partial charge in [0.1, 0.15) is 5.82 Å². The van der Waals surface area contributed by atoms with E-state index in [0.717, 1.165) is 45.5 Å². The molecule has 0 aliphatic heterocycles. The predicted octanol–water partition coefficient (Wildman–Crippen LogP) is 15.0.